The van der Waals surface area contributed by atoms with Gasteiger partial charge in [-0.3, -0.25) is 10.1 Å². The van der Waals surface area contributed by atoms with E-state index in [0.29, 0.717) is 11.8 Å². The molecule has 4 nitrogen and oxygen atoms in total. The SMILES string of the molecule is Cc1c([N+](=O)[O-])ccc2c1NC(c1cccc3ccccc13)C1CC=CC21. The Hall–Kier alpha value is -3.14. The summed E-state index contributed by atoms with van der Waals surface area (Å²) >= 11 is 0. The quantitative estimate of drug-likeness (QED) is 0.354. The first-order valence-corrected chi connectivity index (χ1v) is 9.34. The lowest BCUT2D eigenvalue weighted by atomic mass is 9.75. The molecule has 0 saturated carbocycles. The van der Waals surface area contributed by atoms with Crippen molar-refractivity contribution in [2.75, 3.05) is 5.32 Å². The van der Waals surface area contributed by atoms with Gasteiger partial charge in [0.25, 0.3) is 5.69 Å². The van der Waals surface area contributed by atoms with Gasteiger partial charge < -0.3 is 5.32 Å². The summed E-state index contributed by atoms with van der Waals surface area (Å²) < 4.78 is 0. The van der Waals surface area contributed by atoms with Crippen molar-refractivity contribution in [1.29, 1.82) is 0 Å². The second kappa shape index (κ2) is 5.95. The fourth-order valence-corrected chi connectivity index (χ4v) is 4.83. The van der Waals surface area contributed by atoms with Gasteiger partial charge in [-0.2, -0.15) is 0 Å². The summed E-state index contributed by atoms with van der Waals surface area (Å²) in [4.78, 5) is 11.1. The molecule has 1 aliphatic heterocycles. The van der Waals surface area contributed by atoms with Gasteiger partial charge in [-0.1, -0.05) is 54.6 Å². The van der Waals surface area contributed by atoms with Crippen molar-refractivity contribution < 1.29 is 4.92 Å². The smallest absolute Gasteiger partial charge is 0.274 e. The molecule has 0 saturated heterocycles. The van der Waals surface area contributed by atoms with E-state index in [0.717, 1.165) is 17.7 Å². The van der Waals surface area contributed by atoms with E-state index in [9.17, 15) is 10.1 Å². The van der Waals surface area contributed by atoms with Crippen LogP contribution in [0, 0.1) is 23.0 Å². The molecule has 2 aliphatic rings. The Labute approximate surface area is 157 Å². The maximum absolute atomic E-state index is 11.4. The van der Waals surface area contributed by atoms with E-state index in [2.05, 4.69) is 59.9 Å². The van der Waals surface area contributed by atoms with Crippen LogP contribution in [-0.4, -0.2) is 4.92 Å². The van der Waals surface area contributed by atoms with E-state index in [1.165, 1.54) is 21.9 Å². The Morgan fingerprint density at radius 2 is 1.85 bits per heavy atom. The van der Waals surface area contributed by atoms with Gasteiger partial charge in [0.2, 0.25) is 0 Å². The Bertz CT molecular complexity index is 1100. The number of benzene rings is 3. The molecule has 3 aromatic carbocycles. The summed E-state index contributed by atoms with van der Waals surface area (Å²) in [5.41, 5.74) is 4.27. The highest BCUT2D eigenvalue weighted by atomic mass is 16.6. The first-order chi connectivity index (χ1) is 13.1. The molecule has 134 valence electrons. The minimum atomic E-state index is -0.291. The van der Waals surface area contributed by atoms with Crippen molar-refractivity contribution in [2.45, 2.75) is 25.3 Å². The van der Waals surface area contributed by atoms with Gasteiger partial charge in [0.1, 0.15) is 0 Å². The van der Waals surface area contributed by atoms with Gasteiger partial charge in [0.05, 0.1) is 16.5 Å². The van der Waals surface area contributed by atoms with Crippen LogP contribution in [0.5, 0.6) is 0 Å². The molecule has 5 rings (SSSR count). The highest BCUT2D eigenvalue weighted by molar-refractivity contribution is 5.87. The highest BCUT2D eigenvalue weighted by Crippen LogP contribution is 2.52. The number of hydrogen-bond acceptors (Lipinski definition) is 3. The number of hydrogen-bond donors (Lipinski definition) is 1. The van der Waals surface area contributed by atoms with Crippen LogP contribution in [0.3, 0.4) is 0 Å². The first-order valence-electron chi connectivity index (χ1n) is 9.34. The number of rotatable bonds is 2. The van der Waals surface area contributed by atoms with Gasteiger partial charge in [-0.05, 0) is 47.2 Å². The summed E-state index contributed by atoms with van der Waals surface area (Å²) in [6, 6.07) is 18.6. The van der Waals surface area contributed by atoms with Crippen molar-refractivity contribution in [3.8, 4) is 0 Å². The van der Waals surface area contributed by atoms with Gasteiger partial charge in [0, 0.05) is 17.7 Å². The van der Waals surface area contributed by atoms with Gasteiger partial charge in [-0.15, -0.1) is 0 Å². The zero-order valence-corrected chi connectivity index (χ0v) is 15.1. The van der Waals surface area contributed by atoms with E-state index < -0.39 is 0 Å². The summed E-state index contributed by atoms with van der Waals surface area (Å²) in [7, 11) is 0. The second-order valence-corrected chi connectivity index (χ2v) is 7.47. The third-order valence-electron chi connectivity index (χ3n) is 6.12. The third-order valence-corrected chi connectivity index (χ3v) is 6.12. The van der Waals surface area contributed by atoms with Crippen molar-refractivity contribution in [3.05, 3.63) is 93.6 Å². The standard InChI is InChI=1S/C23H20N2O2/c1-14-21(25(26)27)13-12-20-17-9-5-11-19(17)23(24-22(14)20)18-10-4-7-15-6-2-3-8-16(15)18/h2-10,12-13,17,19,23-24H,11H2,1H3. The normalized spacial score (nSPS) is 22.9. The molecule has 3 aromatic rings. The number of nitro groups is 1. The lowest BCUT2D eigenvalue weighted by Gasteiger charge is -2.38. The molecular weight excluding hydrogens is 336 g/mol. The summed E-state index contributed by atoms with van der Waals surface area (Å²) in [5, 5.41) is 17.6. The predicted octanol–water partition coefficient (Wildman–Crippen LogP) is 5.88. The molecule has 0 aromatic heterocycles. The van der Waals surface area contributed by atoms with Gasteiger partial charge >= 0.3 is 0 Å². The van der Waals surface area contributed by atoms with E-state index in [-0.39, 0.29) is 16.7 Å². The maximum Gasteiger partial charge on any atom is 0.274 e. The molecule has 3 atom stereocenters. The molecule has 3 unspecified atom stereocenters. The molecule has 4 heteroatoms. The molecule has 1 aliphatic carbocycles. The zero-order chi connectivity index (χ0) is 18.5. The Balaban J connectivity index is 1.70. The minimum Gasteiger partial charge on any atom is -0.377 e. The number of fused-ring (bicyclic) bond motifs is 4. The molecule has 1 N–H and O–H groups in total. The highest BCUT2D eigenvalue weighted by Gasteiger charge is 2.39. The summed E-state index contributed by atoms with van der Waals surface area (Å²) in [6.07, 6.45) is 5.54. The van der Waals surface area contributed by atoms with Crippen LogP contribution in [-0.2, 0) is 0 Å². The van der Waals surface area contributed by atoms with E-state index >= 15 is 0 Å². The van der Waals surface area contributed by atoms with Crippen molar-refractivity contribution in [3.63, 3.8) is 0 Å². The molecule has 1 heterocycles. The Morgan fingerprint density at radius 3 is 2.70 bits per heavy atom. The van der Waals surface area contributed by atoms with E-state index in [1.54, 1.807) is 6.07 Å². The average Bonchev–Trinajstić information content (AvgIpc) is 3.17. The average molecular weight is 356 g/mol. The topological polar surface area (TPSA) is 55.2 Å². The maximum atomic E-state index is 11.4. The third kappa shape index (κ3) is 2.36. The molecule has 0 spiro atoms. The monoisotopic (exact) mass is 356 g/mol. The second-order valence-electron chi connectivity index (χ2n) is 7.47. The number of anilines is 1. The predicted molar refractivity (Wildman–Crippen MR) is 108 cm³/mol. The molecule has 0 amide bonds. The lowest BCUT2D eigenvalue weighted by molar-refractivity contribution is -0.385. The van der Waals surface area contributed by atoms with Gasteiger partial charge in [-0.25, -0.2) is 0 Å². The number of nitrogens with one attached hydrogen (secondary N) is 1. The first kappa shape index (κ1) is 16.1. The Morgan fingerprint density at radius 1 is 1.04 bits per heavy atom. The van der Waals surface area contributed by atoms with E-state index in [4.69, 9.17) is 0 Å². The van der Waals surface area contributed by atoms with Crippen LogP contribution in [0.2, 0.25) is 0 Å². The zero-order valence-electron chi connectivity index (χ0n) is 15.1. The Kier molecular flexibility index (Phi) is 3.54. The van der Waals surface area contributed by atoms with Gasteiger partial charge in [0.15, 0.2) is 0 Å². The fraction of sp³-hybridized carbons (Fsp3) is 0.217. The lowest BCUT2D eigenvalue weighted by Crippen LogP contribution is -2.29. The van der Waals surface area contributed by atoms with Crippen LogP contribution in [0.25, 0.3) is 10.8 Å². The van der Waals surface area contributed by atoms with Crippen molar-refractivity contribution in [2.24, 2.45) is 5.92 Å². The van der Waals surface area contributed by atoms with Crippen LogP contribution in [0.15, 0.2) is 66.7 Å². The molecule has 0 fully saturated rings. The molecular formula is C23H20N2O2. The van der Waals surface area contributed by atoms with Crippen LogP contribution < -0.4 is 5.32 Å². The van der Waals surface area contributed by atoms with Crippen LogP contribution in [0.4, 0.5) is 11.4 Å². The van der Waals surface area contributed by atoms with Crippen molar-refractivity contribution in [1.82, 2.24) is 0 Å². The van der Waals surface area contributed by atoms with E-state index in [1.807, 2.05) is 13.0 Å². The largest absolute Gasteiger partial charge is 0.377 e. The number of allylic oxidation sites excluding steroid dienone is 2. The summed E-state index contributed by atoms with van der Waals surface area (Å²) in [5.74, 6) is 0.717. The minimum absolute atomic E-state index is 0.129. The molecule has 27 heavy (non-hydrogen) atoms. The fourth-order valence-electron chi connectivity index (χ4n) is 4.83. The molecule has 0 bridgehead atoms. The van der Waals surface area contributed by atoms with Crippen LogP contribution >= 0.6 is 0 Å². The van der Waals surface area contributed by atoms with Crippen molar-refractivity contribution >= 4 is 22.1 Å². The number of nitro benzene ring substituents is 1. The summed E-state index contributed by atoms with van der Waals surface area (Å²) in [6.45, 7) is 1.85. The van der Waals surface area contributed by atoms with Crippen LogP contribution in [0.1, 0.15) is 35.1 Å². The number of nitrogens with zero attached hydrogens (tertiary/aromatic N) is 1. The molecule has 0 radical (unpaired) electrons.